The van der Waals surface area contributed by atoms with Gasteiger partial charge in [0.05, 0.1) is 6.10 Å². The van der Waals surface area contributed by atoms with Crippen LogP contribution >= 0.6 is 0 Å². The zero-order valence-electron chi connectivity index (χ0n) is 7.04. The predicted octanol–water partition coefficient (Wildman–Crippen LogP) is 0.707. The summed E-state index contributed by atoms with van der Waals surface area (Å²) in [5.74, 6) is 0.669. The molecule has 0 aromatic carbocycles. The van der Waals surface area contributed by atoms with E-state index in [1.807, 2.05) is 0 Å². The molecule has 10 heavy (non-hydrogen) atoms. The van der Waals surface area contributed by atoms with E-state index in [1.54, 1.807) is 0 Å². The highest BCUT2D eigenvalue weighted by Gasteiger charge is 2.29. The van der Waals surface area contributed by atoms with Gasteiger partial charge in [0.2, 0.25) is 0 Å². The molecule has 1 heterocycles. The minimum atomic E-state index is -0.0857. The number of aliphatic hydroxyl groups is 1. The molecule has 1 aliphatic heterocycles. The van der Waals surface area contributed by atoms with Crippen LogP contribution in [-0.4, -0.2) is 35.7 Å². The zero-order chi connectivity index (χ0) is 7.72. The second-order valence-corrected chi connectivity index (χ2v) is 3.64. The molecule has 0 radical (unpaired) electrons. The van der Waals surface area contributed by atoms with Crippen LogP contribution in [0.4, 0.5) is 0 Å². The van der Waals surface area contributed by atoms with E-state index in [9.17, 15) is 5.11 Å². The fraction of sp³-hybridized carbons (Fsp3) is 1.00. The summed E-state index contributed by atoms with van der Waals surface area (Å²) in [6.45, 7) is 5.27. The molecule has 60 valence electrons. The van der Waals surface area contributed by atoms with E-state index in [4.69, 9.17) is 0 Å². The molecule has 0 unspecified atom stereocenters. The third-order valence-corrected chi connectivity index (χ3v) is 2.35. The van der Waals surface area contributed by atoms with Gasteiger partial charge in [-0.1, -0.05) is 13.8 Å². The van der Waals surface area contributed by atoms with Crippen LogP contribution in [-0.2, 0) is 0 Å². The number of hydrogen-bond donors (Lipinski definition) is 1. The minimum Gasteiger partial charge on any atom is -0.392 e. The van der Waals surface area contributed by atoms with Gasteiger partial charge in [0.25, 0.3) is 0 Å². The molecule has 0 spiro atoms. The third-order valence-electron chi connectivity index (χ3n) is 2.35. The molecule has 2 atom stereocenters. The molecule has 0 aliphatic carbocycles. The Labute approximate surface area is 62.8 Å². The van der Waals surface area contributed by atoms with Gasteiger partial charge in [-0.15, -0.1) is 0 Å². The molecule has 1 N–H and O–H groups in total. The smallest absolute Gasteiger partial charge is 0.0682 e. The number of hydrogen-bond acceptors (Lipinski definition) is 2. The van der Waals surface area contributed by atoms with Crippen molar-refractivity contribution in [2.45, 2.75) is 32.4 Å². The Morgan fingerprint density at radius 1 is 1.50 bits per heavy atom. The number of β-amino-alcohol motifs (C(OH)–C–C–N with tert-alkyl or cyclic N) is 1. The Balaban J connectivity index is 2.46. The number of likely N-dealkylation sites (N-methyl/N-ethyl adjacent to an activating group) is 1. The van der Waals surface area contributed by atoms with Gasteiger partial charge in [-0.25, -0.2) is 0 Å². The van der Waals surface area contributed by atoms with Crippen molar-refractivity contribution in [3.05, 3.63) is 0 Å². The Morgan fingerprint density at radius 3 is 2.30 bits per heavy atom. The van der Waals surface area contributed by atoms with Gasteiger partial charge in [0.1, 0.15) is 0 Å². The van der Waals surface area contributed by atoms with Crippen LogP contribution in [0.2, 0.25) is 0 Å². The lowest BCUT2D eigenvalue weighted by Gasteiger charge is -2.22. The van der Waals surface area contributed by atoms with Crippen LogP contribution < -0.4 is 0 Å². The van der Waals surface area contributed by atoms with Crippen LogP contribution in [0.3, 0.4) is 0 Å². The van der Waals surface area contributed by atoms with Gasteiger partial charge in [0.15, 0.2) is 0 Å². The first-order valence-electron chi connectivity index (χ1n) is 3.99. The monoisotopic (exact) mass is 143 g/mol. The molecule has 0 amide bonds. The van der Waals surface area contributed by atoms with E-state index in [1.165, 1.54) is 0 Å². The average molecular weight is 143 g/mol. The van der Waals surface area contributed by atoms with Crippen molar-refractivity contribution in [1.82, 2.24) is 4.90 Å². The maximum atomic E-state index is 9.28. The normalized spacial score (nSPS) is 35.7. The Bertz CT molecular complexity index is 114. The quantitative estimate of drug-likeness (QED) is 0.584. The minimum absolute atomic E-state index is 0.0857. The van der Waals surface area contributed by atoms with Gasteiger partial charge < -0.3 is 10.0 Å². The first-order chi connectivity index (χ1) is 4.61. The maximum Gasteiger partial charge on any atom is 0.0682 e. The zero-order valence-corrected chi connectivity index (χ0v) is 7.04. The second-order valence-electron chi connectivity index (χ2n) is 3.64. The summed E-state index contributed by atoms with van der Waals surface area (Å²) >= 11 is 0. The van der Waals surface area contributed by atoms with Crippen LogP contribution in [0, 0.1) is 5.92 Å². The summed E-state index contributed by atoms with van der Waals surface area (Å²) in [7, 11) is 2.08. The van der Waals surface area contributed by atoms with Crippen molar-refractivity contribution < 1.29 is 5.11 Å². The van der Waals surface area contributed by atoms with E-state index in [-0.39, 0.29) is 6.10 Å². The Hall–Kier alpha value is -0.0800. The highest BCUT2D eigenvalue weighted by atomic mass is 16.3. The number of aliphatic hydroxyl groups excluding tert-OH is 1. The third kappa shape index (κ3) is 1.50. The predicted molar refractivity (Wildman–Crippen MR) is 41.9 cm³/mol. The van der Waals surface area contributed by atoms with Crippen molar-refractivity contribution >= 4 is 0 Å². The molecule has 0 bridgehead atoms. The summed E-state index contributed by atoms with van der Waals surface area (Å²) in [4.78, 5) is 2.25. The lowest BCUT2D eigenvalue weighted by molar-refractivity contribution is 0.182. The second kappa shape index (κ2) is 2.89. The van der Waals surface area contributed by atoms with Crippen LogP contribution in [0.1, 0.15) is 20.3 Å². The largest absolute Gasteiger partial charge is 0.392 e. The molecule has 0 aromatic heterocycles. The first-order valence-corrected chi connectivity index (χ1v) is 3.99. The van der Waals surface area contributed by atoms with Crippen molar-refractivity contribution in [2.75, 3.05) is 13.6 Å². The van der Waals surface area contributed by atoms with Crippen LogP contribution in [0.25, 0.3) is 0 Å². The highest BCUT2D eigenvalue weighted by Crippen LogP contribution is 2.21. The van der Waals surface area contributed by atoms with E-state index < -0.39 is 0 Å². The lowest BCUT2D eigenvalue weighted by Crippen LogP contribution is -2.29. The van der Waals surface area contributed by atoms with E-state index in [0.29, 0.717) is 12.0 Å². The first kappa shape index (κ1) is 8.02. The summed E-state index contributed by atoms with van der Waals surface area (Å²) < 4.78 is 0. The molecule has 1 aliphatic rings. The van der Waals surface area contributed by atoms with Crippen LogP contribution in [0.15, 0.2) is 0 Å². The SMILES string of the molecule is CC(C)[C@H]1C[C@@H](O)CN1C. The van der Waals surface area contributed by atoms with Gasteiger partial charge in [-0.05, 0) is 19.4 Å². The van der Waals surface area contributed by atoms with Crippen molar-refractivity contribution in [1.29, 1.82) is 0 Å². The van der Waals surface area contributed by atoms with E-state index in [0.717, 1.165) is 13.0 Å². The van der Waals surface area contributed by atoms with E-state index in [2.05, 4.69) is 25.8 Å². The maximum absolute atomic E-state index is 9.28. The fourth-order valence-corrected chi connectivity index (χ4v) is 1.78. The lowest BCUT2D eigenvalue weighted by atomic mass is 10.0. The van der Waals surface area contributed by atoms with Gasteiger partial charge in [-0.2, -0.15) is 0 Å². The fourth-order valence-electron chi connectivity index (χ4n) is 1.78. The van der Waals surface area contributed by atoms with Crippen molar-refractivity contribution in [3.63, 3.8) is 0 Å². The van der Waals surface area contributed by atoms with E-state index >= 15 is 0 Å². The Morgan fingerprint density at radius 2 is 2.10 bits per heavy atom. The Kier molecular flexibility index (Phi) is 2.32. The van der Waals surface area contributed by atoms with Gasteiger partial charge in [0, 0.05) is 12.6 Å². The molecule has 1 rings (SSSR count). The molecular weight excluding hydrogens is 126 g/mol. The summed E-state index contributed by atoms with van der Waals surface area (Å²) in [6, 6.07) is 0.593. The number of likely N-dealkylation sites (tertiary alicyclic amines) is 1. The van der Waals surface area contributed by atoms with Crippen molar-refractivity contribution in [2.24, 2.45) is 5.92 Å². The highest BCUT2D eigenvalue weighted by molar-refractivity contribution is 4.84. The van der Waals surface area contributed by atoms with Gasteiger partial charge >= 0.3 is 0 Å². The van der Waals surface area contributed by atoms with Gasteiger partial charge in [-0.3, -0.25) is 0 Å². The summed E-state index contributed by atoms with van der Waals surface area (Å²) in [6.07, 6.45) is 0.867. The molecule has 1 saturated heterocycles. The molecule has 1 fully saturated rings. The number of nitrogens with zero attached hydrogens (tertiary/aromatic N) is 1. The van der Waals surface area contributed by atoms with Crippen LogP contribution in [0.5, 0.6) is 0 Å². The molecular formula is C8H17NO. The number of rotatable bonds is 1. The topological polar surface area (TPSA) is 23.5 Å². The molecule has 0 saturated carbocycles. The standard InChI is InChI=1S/C8H17NO/c1-6(2)8-4-7(10)5-9(8)3/h6-8,10H,4-5H2,1-3H3/t7-,8-/m1/s1. The molecule has 0 aromatic rings. The average Bonchev–Trinajstić information content (AvgIpc) is 2.10. The molecule has 2 nitrogen and oxygen atoms in total. The van der Waals surface area contributed by atoms with Crippen molar-refractivity contribution in [3.8, 4) is 0 Å². The summed E-state index contributed by atoms with van der Waals surface area (Å²) in [5, 5.41) is 9.28. The molecule has 2 heteroatoms. The summed E-state index contributed by atoms with van der Waals surface area (Å²) in [5.41, 5.74) is 0.